The summed E-state index contributed by atoms with van der Waals surface area (Å²) >= 11 is 5.22. The topological polar surface area (TPSA) is 135 Å². The zero-order valence-electron chi connectivity index (χ0n) is 15.6. The number of esters is 1. The second kappa shape index (κ2) is 9.74. The van der Waals surface area contributed by atoms with Crippen molar-refractivity contribution >= 4 is 46.6 Å². The molecular weight excluding hydrogens is 386 g/mol. The number of thiocarbonyl (C=S) groups is 1. The van der Waals surface area contributed by atoms with Crippen LogP contribution in [0.25, 0.3) is 0 Å². The first kappa shape index (κ1) is 21.2. The minimum absolute atomic E-state index is 0.381. The lowest BCUT2D eigenvalue weighted by Gasteiger charge is -2.14. The Balaban J connectivity index is 1.74. The number of amides is 3. The van der Waals surface area contributed by atoms with Crippen LogP contribution in [-0.4, -0.2) is 61.3 Å². The first-order valence-corrected chi connectivity index (χ1v) is 8.93. The predicted molar refractivity (Wildman–Crippen MR) is 107 cm³/mol. The Hall–Kier alpha value is -3.08. The number of nitrogens with one attached hydrogen (secondary N) is 3. The van der Waals surface area contributed by atoms with Crippen molar-refractivity contribution in [1.82, 2.24) is 15.5 Å². The van der Waals surface area contributed by atoms with Crippen LogP contribution in [0, 0.1) is 0 Å². The number of carbonyl (C=O) groups excluding carboxylic acids is 3. The van der Waals surface area contributed by atoms with Crippen LogP contribution in [0.15, 0.2) is 18.2 Å². The summed E-state index contributed by atoms with van der Waals surface area (Å²) in [5.41, 5.74) is 7.07. The number of ether oxygens (including phenoxy) is 2. The van der Waals surface area contributed by atoms with Crippen LogP contribution in [0.4, 0.5) is 16.2 Å². The summed E-state index contributed by atoms with van der Waals surface area (Å²) in [5.74, 6) is -0.450. The molecule has 28 heavy (non-hydrogen) atoms. The number of imide groups is 1. The van der Waals surface area contributed by atoms with Crippen molar-refractivity contribution in [1.29, 1.82) is 0 Å². The maximum Gasteiger partial charge on any atom is 0.325 e. The maximum atomic E-state index is 12.2. The van der Waals surface area contributed by atoms with Gasteiger partial charge in [0, 0.05) is 12.6 Å². The fourth-order valence-electron chi connectivity index (χ4n) is 2.57. The number of nitrogens with zero attached hydrogens (tertiary/aromatic N) is 1. The number of urea groups is 1. The van der Waals surface area contributed by atoms with Crippen molar-refractivity contribution in [3.05, 3.63) is 18.2 Å². The normalized spacial score (nSPS) is 15.8. The quantitative estimate of drug-likeness (QED) is 0.158. The first-order chi connectivity index (χ1) is 13.3. The van der Waals surface area contributed by atoms with Gasteiger partial charge in [0.25, 0.3) is 5.91 Å². The number of rotatable bonds is 8. The van der Waals surface area contributed by atoms with Gasteiger partial charge in [-0.05, 0) is 37.2 Å². The van der Waals surface area contributed by atoms with Gasteiger partial charge in [0.15, 0.2) is 5.11 Å². The number of methoxy groups -OCH3 is 2. The Labute approximate surface area is 167 Å². The van der Waals surface area contributed by atoms with Crippen molar-refractivity contribution in [2.75, 3.05) is 38.4 Å². The Bertz CT molecular complexity index is 772. The maximum absolute atomic E-state index is 12.2. The van der Waals surface area contributed by atoms with Crippen molar-refractivity contribution in [3.8, 4) is 5.75 Å². The molecule has 0 spiro atoms. The summed E-state index contributed by atoms with van der Waals surface area (Å²) in [5, 5.41) is 8.93. The zero-order valence-corrected chi connectivity index (χ0v) is 16.4. The van der Waals surface area contributed by atoms with E-state index in [1.54, 1.807) is 25.3 Å². The number of hydrogen-bond donors (Lipinski definition) is 4. The molecule has 1 aliphatic rings. The number of nitrogen functional groups attached to an aromatic ring is 1. The van der Waals surface area contributed by atoms with Gasteiger partial charge in [-0.1, -0.05) is 0 Å². The van der Waals surface area contributed by atoms with E-state index in [0.717, 1.165) is 4.90 Å². The number of hydrogen-bond acceptors (Lipinski definition) is 7. The highest BCUT2D eigenvalue weighted by Crippen LogP contribution is 2.23. The molecule has 0 aliphatic carbocycles. The Morgan fingerprint density at radius 3 is 2.75 bits per heavy atom. The third kappa shape index (κ3) is 5.46. The number of benzene rings is 1. The molecule has 0 unspecified atom stereocenters. The molecule has 1 aromatic rings. The van der Waals surface area contributed by atoms with Crippen LogP contribution in [0.5, 0.6) is 5.75 Å². The molecule has 1 atom stereocenters. The summed E-state index contributed by atoms with van der Waals surface area (Å²) in [6.45, 7) is 0.0890. The van der Waals surface area contributed by atoms with Crippen LogP contribution >= 0.6 is 12.2 Å². The van der Waals surface area contributed by atoms with Gasteiger partial charge in [-0.15, -0.1) is 0 Å². The first-order valence-electron chi connectivity index (χ1n) is 8.52. The van der Waals surface area contributed by atoms with E-state index in [2.05, 4.69) is 20.7 Å². The summed E-state index contributed by atoms with van der Waals surface area (Å²) in [4.78, 5) is 36.1. The molecule has 1 saturated heterocycles. The monoisotopic (exact) mass is 409 g/mol. The van der Waals surface area contributed by atoms with Gasteiger partial charge < -0.3 is 31.2 Å². The molecule has 0 aromatic heterocycles. The lowest BCUT2D eigenvalue weighted by Crippen LogP contribution is -2.36. The van der Waals surface area contributed by atoms with Crippen molar-refractivity contribution in [2.24, 2.45) is 0 Å². The molecule has 152 valence electrons. The third-order valence-corrected chi connectivity index (χ3v) is 4.33. The van der Waals surface area contributed by atoms with E-state index < -0.39 is 30.5 Å². The molecule has 11 heteroatoms. The third-order valence-electron chi connectivity index (χ3n) is 4.08. The number of anilines is 2. The van der Waals surface area contributed by atoms with Crippen molar-refractivity contribution < 1.29 is 23.9 Å². The summed E-state index contributed by atoms with van der Waals surface area (Å²) in [6.07, 6.45) is 0.977. The van der Waals surface area contributed by atoms with Gasteiger partial charge in [-0.2, -0.15) is 0 Å². The van der Waals surface area contributed by atoms with Gasteiger partial charge in [-0.25, -0.2) is 4.79 Å². The Kier molecular flexibility index (Phi) is 7.38. The minimum Gasteiger partial charge on any atom is -0.497 e. The Morgan fingerprint density at radius 2 is 2.11 bits per heavy atom. The standard InChI is InChI=1S/C17H23N5O5S/c1-26-10-5-6-12(11(18)8-10)20-16(28)19-7-3-4-13-15(24)22(17(25)21-13)9-14(23)27-2/h5-6,8,13H,3-4,7,9,18H2,1-2H3,(H,21,25)(H2,19,20,28)/t13-/m0/s1. The second-order valence-corrected chi connectivity index (χ2v) is 6.39. The van der Waals surface area contributed by atoms with E-state index in [0.29, 0.717) is 41.6 Å². The van der Waals surface area contributed by atoms with Crippen LogP contribution in [0.3, 0.4) is 0 Å². The molecule has 2 rings (SSSR count). The summed E-state index contributed by atoms with van der Waals surface area (Å²) < 4.78 is 9.57. The van der Waals surface area contributed by atoms with E-state index in [1.165, 1.54) is 7.11 Å². The van der Waals surface area contributed by atoms with E-state index in [9.17, 15) is 14.4 Å². The average molecular weight is 409 g/mol. The highest BCUT2D eigenvalue weighted by atomic mass is 32.1. The van der Waals surface area contributed by atoms with Crippen molar-refractivity contribution in [2.45, 2.75) is 18.9 Å². The lowest BCUT2D eigenvalue weighted by molar-refractivity contribution is -0.144. The highest BCUT2D eigenvalue weighted by Gasteiger charge is 2.38. The van der Waals surface area contributed by atoms with Gasteiger partial charge in [-0.3, -0.25) is 14.5 Å². The van der Waals surface area contributed by atoms with Crippen LogP contribution in [-0.2, 0) is 14.3 Å². The van der Waals surface area contributed by atoms with Gasteiger partial charge in [0.05, 0.1) is 25.6 Å². The van der Waals surface area contributed by atoms with E-state index in [1.807, 2.05) is 0 Å². The smallest absolute Gasteiger partial charge is 0.325 e. The molecule has 5 N–H and O–H groups in total. The fraction of sp³-hybridized carbons (Fsp3) is 0.412. The van der Waals surface area contributed by atoms with Gasteiger partial charge in [0.1, 0.15) is 18.3 Å². The average Bonchev–Trinajstić information content (AvgIpc) is 2.94. The molecule has 1 fully saturated rings. The predicted octanol–water partition coefficient (Wildman–Crippen LogP) is 0.437. The van der Waals surface area contributed by atoms with Crippen LogP contribution in [0.2, 0.25) is 0 Å². The molecule has 0 saturated carbocycles. The Morgan fingerprint density at radius 1 is 1.36 bits per heavy atom. The summed E-state index contributed by atoms with van der Waals surface area (Å²) in [7, 11) is 2.75. The van der Waals surface area contributed by atoms with E-state index in [-0.39, 0.29) is 0 Å². The van der Waals surface area contributed by atoms with Gasteiger partial charge >= 0.3 is 12.0 Å². The molecule has 1 aromatic carbocycles. The molecule has 1 aliphatic heterocycles. The molecule has 10 nitrogen and oxygen atoms in total. The van der Waals surface area contributed by atoms with Crippen molar-refractivity contribution in [3.63, 3.8) is 0 Å². The zero-order chi connectivity index (χ0) is 20.7. The lowest BCUT2D eigenvalue weighted by atomic mass is 10.1. The fourth-order valence-corrected chi connectivity index (χ4v) is 2.78. The molecule has 3 amide bonds. The van der Waals surface area contributed by atoms with Crippen LogP contribution < -0.4 is 26.4 Å². The van der Waals surface area contributed by atoms with Gasteiger partial charge in [0.2, 0.25) is 0 Å². The van der Waals surface area contributed by atoms with Crippen LogP contribution in [0.1, 0.15) is 12.8 Å². The molecule has 0 radical (unpaired) electrons. The number of carbonyl (C=O) groups is 3. The SMILES string of the molecule is COC(=O)CN1C(=O)N[C@@H](CCCNC(=S)Nc2ccc(OC)cc2N)C1=O. The minimum atomic E-state index is -0.669. The van der Waals surface area contributed by atoms with E-state index in [4.69, 9.17) is 22.7 Å². The molecule has 1 heterocycles. The second-order valence-electron chi connectivity index (χ2n) is 5.98. The molecule has 0 bridgehead atoms. The number of nitrogens with two attached hydrogens (primary N) is 1. The molecular formula is C17H23N5O5S. The highest BCUT2D eigenvalue weighted by molar-refractivity contribution is 7.80. The largest absolute Gasteiger partial charge is 0.497 e. The van der Waals surface area contributed by atoms with E-state index >= 15 is 0 Å². The summed E-state index contributed by atoms with van der Waals surface area (Å²) in [6, 6.07) is 3.93.